The number of hydrogen-bond donors (Lipinski definition) is 1. The zero-order valence-corrected chi connectivity index (χ0v) is 11.8. The molecule has 0 saturated carbocycles. The molecule has 0 aromatic heterocycles. The van der Waals surface area contributed by atoms with Crippen molar-refractivity contribution in [1.82, 2.24) is 4.90 Å². The lowest BCUT2D eigenvalue weighted by Gasteiger charge is -2.31. The van der Waals surface area contributed by atoms with E-state index in [-0.39, 0.29) is 11.9 Å². The maximum absolute atomic E-state index is 12.4. The maximum Gasteiger partial charge on any atom is 0.245 e. The highest BCUT2D eigenvalue weighted by molar-refractivity contribution is 5.85. The molecule has 1 heterocycles. The fourth-order valence-electron chi connectivity index (χ4n) is 2.61. The lowest BCUT2D eigenvalue weighted by Crippen LogP contribution is -2.46. The highest BCUT2D eigenvalue weighted by atomic mass is 16.2. The normalized spacial score (nSPS) is 20.6. The third kappa shape index (κ3) is 3.07. The van der Waals surface area contributed by atoms with E-state index in [1.165, 1.54) is 5.56 Å². The summed E-state index contributed by atoms with van der Waals surface area (Å²) in [6.45, 7) is 4.33. The van der Waals surface area contributed by atoms with E-state index >= 15 is 0 Å². The van der Waals surface area contributed by atoms with Gasteiger partial charge in [0.2, 0.25) is 5.91 Å². The van der Waals surface area contributed by atoms with Crippen molar-refractivity contribution in [3.05, 3.63) is 29.8 Å². The molecule has 1 aromatic carbocycles. The van der Waals surface area contributed by atoms with Gasteiger partial charge in [0.05, 0.1) is 0 Å². The average Bonchev–Trinajstić information content (AvgIpc) is 2.54. The molecule has 2 N–H and O–H groups in total. The number of nitrogens with zero attached hydrogens (tertiary/aromatic N) is 2. The Morgan fingerprint density at radius 1 is 1.26 bits per heavy atom. The summed E-state index contributed by atoms with van der Waals surface area (Å²) in [5, 5.41) is 0. The zero-order chi connectivity index (χ0) is 13.8. The number of aryl methyl sites for hydroxylation is 1. The Morgan fingerprint density at radius 3 is 2.58 bits per heavy atom. The molecular weight excluding hydrogens is 238 g/mol. The molecule has 1 fully saturated rings. The van der Waals surface area contributed by atoms with Crippen LogP contribution in [0.3, 0.4) is 0 Å². The van der Waals surface area contributed by atoms with Gasteiger partial charge in [-0.25, -0.2) is 0 Å². The zero-order valence-electron chi connectivity index (χ0n) is 11.8. The number of rotatable bonds is 3. The monoisotopic (exact) mass is 261 g/mol. The van der Waals surface area contributed by atoms with Gasteiger partial charge in [0.1, 0.15) is 6.04 Å². The number of carbonyl (C=O) groups is 1. The van der Waals surface area contributed by atoms with Crippen LogP contribution in [0.2, 0.25) is 0 Å². The van der Waals surface area contributed by atoms with E-state index in [9.17, 15) is 4.79 Å². The molecule has 1 aliphatic rings. The number of nitrogens with two attached hydrogens (primary N) is 1. The Kier molecular flexibility index (Phi) is 4.43. The summed E-state index contributed by atoms with van der Waals surface area (Å²) in [5.74, 6) is 0.184. The number of anilines is 1. The predicted octanol–water partition coefficient (Wildman–Crippen LogP) is 1.38. The molecule has 19 heavy (non-hydrogen) atoms. The van der Waals surface area contributed by atoms with Gasteiger partial charge in [-0.05, 0) is 38.4 Å². The molecule has 4 heteroatoms. The second-order valence-corrected chi connectivity index (χ2v) is 5.24. The summed E-state index contributed by atoms with van der Waals surface area (Å²) in [4.78, 5) is 16.4. The molecule has 1 aromatic rings. The van der Waals surface area contributed by atoms with Crippen molar-refractivity contribution in [2.75, 3.05) is 31.6 Å². The SMILES string of the molecule is Cc1ccc(N2CCCN(C)C(=O)C2CCN)cc1. The molecular formula is C15H23N3O. The number of amides is 1. The van der Waals surface area contributed by atoms with E-state index in [4.69, 9.17) is 5.73 Å². The second-order valence-electron chi connectivity index (χ2n) is 5.24. The van der Waals surface area contributed by atoms with Crippen molar-refractivity contribution in [3.63, 3.8) is 0 Å². The molecule has 0 radical (unpaired) electrons. The highest BCUT2D eigenvalue weighted by Gasteiger charge is 2.30. The van der Waals surface area contributed by atoms with Crippen molar-refractivity contribution >= 4 is 11.6 Å². The Hall–Kier alpha value is -1.55. The van der Waals surface area contributed by atoms with E-state index in [0.29, 0.717) is 13.0 Å². The summed E-state index contributed by atoms with van der Waals surface area (Å²) in [6.07, 6.45) is 1.70. The molecule has 4 nitrogen and oxygen atoms in total. The van der Waals surface area contributed by atoms with Gasteiger partial charge in [-0.2, -0.15) is 0 Å². The Morgan fingerprint density at radius 2 is 1.95 bits per heavy atom. The minimum absolute atomic E-state index is 0.125. The summed E-state index contributed by atoms with van der Waals surface area (Å²) in [5.41, 5.74) is 8.04. The van der Waals surface area contributed by atoms with E-state index in [2.05, 4.69) is 36.1 Å². The lowest BCUT2D eigenvalue weighted by molar-refractivity contribution is -0.130. The first-order valence-corrected chi connectivity index (χ1v) is 6.92. The van der Waals surface area contributed by atoms with Crippen LogP contribution in [0.15, 0.2) is 24.3 Å². The number of hydrogen-bond acceptors (Lipinski definition) is 3. The van der Waals surface area contributed by atoms with Crippen molar-refractivity contribution < 1.29 is 4.79 Å². The Labute approximate surface area is 115 Å². The van der Waals surface area contributed by atoms with Crippen molar-refractivity contribution in [2.24, 2.45) is 5.73 Å². The number of carbonyl (C=O) groups excluding carboxylic acids is 1. The first-order chi connectivity index (χ1) is 9.13. The maximum atomic E-state index is 12.4. The Bertz CT molecular complexity index is 430. The van der Waals surface area contributed by atoms with Gasteiger partial charge < -0.3 is 15.5 Å². The summed E-state index contributed by atoms with van der Waals surface area (Å²) in [7, 11) is 1.88. The van der Waals surface area contributed by atoms with Crippen LogP contribution in [0, 0.1) is 6.92 Å². The van der Waals surface area contributed by atoms with Crippen LogP contribution in [-0.2, 0) is 4.79 Å². The smallest absolute Gasteiger partial charge is 0.245 e. The first-order valence-electron chi connectivity index (χ1n) is 6.92. The van der Waals surface area contributed by atoms with Crippen LogP contribution in [0.1, 0.15) is 18.4 Å². The average molecular weight is 261 g/mol. The molecule has 2 rings (SSSR count). The lowest BCUT2D eigenvalue weighted by atomic mass is 10.1. The molecule has 0 aliphatic carbocycles. The first kappa shape index (κ1) is 13.9. The molecule has 104 valence electrons. The molecule has 1 saturated heterocycles. The summed E-state index contributed by atoms with van der Waals surface area (Å²) >= 11 is 0. The van der Waals surface area contributed by atoms with Gasteiger partial charge in [0.15, 0.2) is 0 Å². The summed E-state index contributed by atoms with van der Waals surface area (Å²) in [6, 6.07) is 8.25. The van der Waals surface area contributed by atoms with Crippen LogP contribution in [0.4, 0.5) is 5.69 Å². The van der Waals surface area contributed by atoms with Crippen LogP contribution >= 0.6 is 0 Å². The molecule has 1 unspecified atom stereocenters. The van der Waals surface area contributed by atoms with Gasteiger partial charge >= 0.3 is 0 Å². The largest absolute Gasteiger partial charge is 0.359 e. The predicted molar refractivity (Wildman–Crippen MR) is 78.2 cm³/mol. The highest BCUT2D eigenvalue weighted by Crippen LogP contribution is 2.22. The molecule has 1 aliphatic heterocycles. The van der Waals surface area contributed by atoms with E-state index in [1.807, 2.05) is 11.9 Å². The minimum Gasteiger partial charge on any atom is -0.359 e. The standard InChI is InChI=1S/C15H23N3O/c1-12-4-6-13(7-5-12)18-11-3-10-17(2)15(19)14(18)8-9-16/h4-7,14H,3,8-11,16H2,1-2H3. The molecule has 0 bridgehead atoms. The fraction of sp³-hybridized carbons (Fsp3) is 0.533. The number of benzene rings is 1. The second kappa shape index (κ2) is 6.06. The van der Waals surface area contributed by atoms with E-state index in [0.717, 1.165) is 25.2 Å². The quantitative estimate of drug-likeness (QED) is 0.894. The topological polar surface area (TPSA) is 49.6 Å². The van der Waals surface area contributed by atoms with Crippen LogP contribution in [0.25, 0.3) is 0 Å². The van der Waals surface area contributed by atoms with Gasteiger partial charge in [-0.3, -0.25) is 4.79 Å². The van der Waals surface area contributed by atoms with Crippen LogP contribution in [0.5, 0.6) is 0 Å². The van der Waals surface area contributed by atoms with Gasteiger partial charge in [0, 0.05) is 25.8 Å². The van der Waals surface area contributed by atoms with Crippen molar-refractivity contribution in [2.45, 2.75) is 25.8 Å². The van der Waals surface area contributed by atoms with Crippen LogP contribution in [-0.4, -0.2) is 43.5 Å². The fourth-order valence-corrected chi connectivity index (χ4v) is 2.61. The third-order valence-corrected chi connectivity index (χ3v) is 3.74. The Balaban J connectivity index is 2.28. The van der Waals surface area contributed by atoms with E-state index in [1.54, 1.807) is 0 Å². The minimum atomic E-state index is -0.125. The van der Waals surface area contributed by atoms with Gasteiger partial charge in [0.25, 0.3) is 0 Å². The summed E-state index contributed by atoms with van der Waals surface area (Å²) < 4.78 is 0. The van der Waals surface area contributed by atoms with E-state index < -0.39 is 0 Å². The van der Waals surface area contributed by atoms with Crippen molar-refractivity contribution in [1.29, 1.82) is 0 Å². The van der Waals surface area contributed by atoms with Gasteiger partial charge in [-0.1, -0.05) is 17.7 Å². The third-order valence-electron chi connectivity index (χ3n) is 3.74. The number of likely N-dealkylation sites (N-methyl/N-ethyl adjacent to an activating group) is 1. The van der Waals surface area contributed by atoms with Crippen molar-refractivity contribution in [3.8, 4) is 0 Å². The van der Waals surface area contributed by atoms with Gasteiger partial charge in [-0.15, -0.1) is 0 Å². The molecule has 0 spiro atoms. The molecule has 1 atom stereocenters. The molecule has 1 amide bonds. The van der Waals surface area contributed by atoms with Crippen LogP contribution < -0.4 is 10.6 Å².